The lowest BCUT2D eigenvalue weighted by Gasteiger charge is -2.06. The second-order valence-corrected chi connectivity index (χ2v) is 5.09. The van der Waals surface area contributed by atoms with Gasteiger partial charge in [0.1, 0.15) is 0 Å². The molecule has 0 unspecified atom stereocenters. The molecule has 1 aromatic heterocycles. The van der Waals surface area contributed by atoms with Gasteiger partial charge in [-0.25, -0.2) is 0 Å². The van der Waals surface area contributed by atoms with Gasteiger partial charge in [0.15, 0.2) is 0 Å². The average Bonchev–Trinajstić information content (AvgIpc) is 2.33. The van der Waals surface area contributed by atoms with E-state index in [-0.39, 0.29) is 5.91 Å². The molecule has 0 aliphatic heterocycles. The Morgan fingerprint density at radius 2 is 2.06 bits per heavy atom. The first kappa shape index (κ1) is 12.3. The standard InChI is InChI=1S/C12H8Br2N2O/c13-8-3-4-11(14)10(6-8)12(17)16-9-2-1-5-15-7-9/h1-7H,(H,16,17). The molecule has 5 heteroatoms. The Kier molecular flexibility index (Phi) is 3.91. The van der Waals surface area contributed by atoms with Gasteiger partial charge in [-0.15, -0.1) is 0 Å². The second-order valence-electron chi connectivity index (χ2n) is 3.32. The Morgan fingerprint density at radius 1 is 1.24 bits per heavy atom. The molecule has 1 N–H and O–H groups in total. The third-order valence-corrected chi connectivity index (χ3v) is 3.28. The Bertz CT molecular complexity index is 543. The summed E-state index contributed by atoms with van der Waals surface area (Å²) in [7, 11) is 0. The fourth-order valence-electron chi connectivity index (χ4n) is 1.31. The molecule has 1 amide bonds. The van der Waals surface area contributed by atoms with Crippen LogP contribution in [0.15, 0.2) is 51.7 Å². The van der Waals surface area contributed by atoms with Crippen molar-refractivity contribution in [3.05, 3.63) is 57.2 Å². The fraction of sp³-hybridized carbons (Fsp3) is 0. The van der Waals surface area contributed by atoms with Crippen LogP contribution in [0.2, 0.25) is 0 Å². The Hall–Kier alpha value is -1.20. The van der Waals surface area contributed by atoms with Crippen molar-refractivity contribution in [2.24, 2.45) is 0 Å². The van der Waals surface area contributed by atoms with Crippen LogP contribution < -0.4 is 5.32 Å². The number of rotatable bonds is 2. The van der Waals surface area contributed by atoms with Crippen molar-refractivity contribution in [3.63, 3.8) is 0 Å². The first-order chi connectivity index (χ1) is 8.16. The van der Waals surface area contributed by atoms with Crippen LogP contribution in [0.5, 0.6) is 0 Å². The van der Waals surface area contributed by atoms with Gasteiger partial charge in [-0.1, -0.05) is 15.9 Å². The van der Waals surface area contributed by atoms with E-state index in [9.17, 15) is 4.79 Å². The van der Waals surface area contributed by atoms with Gasteiger partial charge < -0.3 is 5.32 Å². The first-order valence-electron chi connectivity index (χ1n) is 4.83. The zero-order valence-corrected chi connectivity index (χ0v) is 11.8. The number of carbonyl (C=O) groups excluding carboxylic acids is 1. The minimum atomic E-state index is -0.175. The van der Waals surface area contributed by atoms with E-state index in [1.54, 1.807) is 30.6 Å². The molecule has 1 aromatic carbocycles. The van der Waals surface area contributed by atoms with E-state index in [2.05, 4.69) is 42.2 Å². The van der Waals surface area contributed by atoms with Crippen LogP contribution >= 0.6 is 31.9 Å². The first-order valence-corrected chi connectivity index (χ1v) is 6.42. The molecule has 86 valence electrons. The van der Waals surface area contributed by atoms with Crippen LogP contribution in [-0.4, -0.2) is 10.9 Å². The SMILES string of the molecule is O=C(Nc1cccnc1)c1cc(Br)ccc1Br. The molecular formula is C12H8Br2N2O. The van der Waals surface area contributed by atoms with Crippen LogP contribution in [0.4, 0.5) is 5.69 Å². The van der Waals surface area contributed by atoms with Crippen molar-refractivity contribution in [2.75, 3.05) is 5.32 Å². The summed E-state index contributed by atoms with van der Waals surface area (Å²) < 4.78 is 1.61. The lowest BCUT2D eigenvalue weighted by Crippen LogP contribution is -2.12. The number of hydrogen-bond acceptors (Lipinski definition) is 2. The van der Waals surface area contributed by atoms with Crippen molar-refractivity contribution < 1.29 is 4.79 Å². The lowest BCUT2D eigenvalue weighted by atomic mass is 10.2. The number of hydrogen-bond donors (Lipinski definition) is 1. The molecular weight excluding hydrogens is 348 g/mol. The summed E-state index contributed by atoms with van der Waals surface area (Å²) in [6, 6.07) is 9.01. The average molecular weight is 356 g/mol. The number of carbonyl (C=O) groups is 1. The highest BCUT2D eigenvalue weighted by atomic mass is 79.9. The number of nitrogens with zero attached hydrogens (tertiary/aromatic N) is 1. The van der Waals surface area contributed by atoms with Gasteiger partial charge >= 0.3 is 0 Å². The summed E-state index contributed by atoms with van der Waals surface area (Å²) in [6.45, 7) is 0. The van der Waals surface area contributed by atoms with E-state index in [0.717, 1.165) is 8.95 Å². The van der Waals surface area contributed by atoms with Gasteiger partial charge in [0.25, 0.3) is 5.91 Å². The third-order valence-electron chi connectivity index (χ3n) is 2.09. The number of anilines is 1. The minimum absolute atomic E-state index is 0.175. The third kappa shape index (κ3) is 3.14. The van der Waals surface area contributed by atoms with Gasteiger partial charge in [0.05, 0.1) is 17.4 Å². The Balaban J connectivity index is 2.23. The molecule has 0 aliphatic carbocycles. The topological polar surface area (TPSA) is 42.0 Å². The van der Waals surface area contributed by atoms with Crippen molar-refractivity contribution >= 4 is 43.5 Å². The minimum Gasteiger partial charge on any atom is -0.321 e. The van der Waals surface area contributed by atoms with Crippen molar-refractivity contribution in [1.29, 1.82) is 0 Å². The number of benzene rings is 1. The second kappa shape index (κ2) is 5.42. The van der Waals surface area contributed by atoms with E-state index in [1.165, 1.54) is 0 Å². The van der Waals surface area contributed by atoms with Gasteiger partial charge in [-0.2, -0.15) is 0 Å². The molecule has 17 heavy (non-hydrogen) atoms. The molecule has 0 saturated carbocycles. The smallest absolute Gasteiger partial charge is 0.256 e. The van der Waals surface area contributed by atoms with Crippen LogP contribution in [0, 0.1) is 0 Å². The van der Waals surface area contributed by atoms with Gasteiger partial charge in [0.2, 0.25) is 0 Å². The number of nitrogens with one attached hydrogen (secondary N) is 1. The number of amides is 1. The van der Waals surface area contributed by atoms with E-state index in [0.29, 0.717) is 11.3 Å². The summed E-state index contributed by atoms with van der Waals surface area (Å²) in [6.07, 6.45) is 3.26. The predicted molar refractivity (Wildman–Crippen MR) is 74.0 cm³/mol. The molecule has 3 nitrogen and oxygen atoms in total. The molecule has 0 aliphatic rings. The summed E-state index contributed by atoms with van der Waals surface area (Å²) in [4.78, 5) is 15.9. The van der Waals surface area contributed by atoms with Crippen LogP contribution in [0.3, 0.4) is 0 Å². The Labute approximate surface area is 116 Å². The van der Waals surface area contributed by atoms with Gasteiger partial charge in [-0.05, 0) is 46.3 Å². The summed E-state index contributed by atoms with van der Waals surface area (Å²) >= 11 is 6.68. The highest BCUT2D eigenvalue weighted by molar-refractivity contribution is 9.11. The molecule has 2 aromatic rings. The Morgan fingerprint density at radius 3 is 2.76 bits per heavy atom. The fourth-order valence-corrected chi connectivity index (χ4v) is 2.09. The molecule has 0 radical (unpaired) electrons. The summed E-state index contributed by atoms with van der Waals surface area (Å²) in [5, 5.41) is 2.77. The molecule has 1 heterocycles. The maximum absolute atomic E-state index is 12.0. The maximum Gasteiger partial charge on any atom is 0.256 e. The molecule has 2 rings (SSSR count). The zero-order chi connectivity index (χ0) is 12.3. The molecule has 0 saturated heterocycles. The van der Waals surface area contributed by atoms with Crippen LogP contribution in [0.25, 0.3) is 0 Å². The highest BCUT2D eigenvalue weighted by Gasteiger charge is 2.10. The van der Waals surface area contributed by atoms with E-state index >= 15 is 0 Å². The van der Waals surface area contributed by atoms with Crippen LogP contribution in [-0.2, 0) is 0 Å². The van der Waals surface area contributed by atoms with Crippen molar-refractivity contribution in [2.45, 2.75) is 0 Å². The molecule has 0 fully saturated rings. The molecule has 0 atom stereocenters. The largest absolute Gasteiger partial charge is 0.321 e. The monoisotopic (exact) mass is 354 g/mol. The lowest BCUT2D eigenvalue weighted by molar-refractivity contribution is 0.102. The van der Waals surface area contributed by atoms with Gasteiger partial charge in [0, 0.05) is 15.1 Å². The quantitative estimate of drug-likeness (QED) is 0.888. The number of pyridine rings is 1. The zero-order valence-electron chi connectivity index (χ0n) is 8.65. The van der Waals surface area contributed by atoms with E-state index < -0.39 is 0 Å². The predicted octanol–water partition coefficient (Wildman–Crippen LogP) is 3.86. The molecule has 0 bridgehead atoms. The number of aromatic nitrogens is 1. The molecule has 0 spiro atoms. The van der Waals surface area contributed by atoms with Gasteiger partial charge in [-0.3, -0.25) is 9.78 Å². The number of halogens is 2. The van der Waals surface area contributed by atoms with E-state index in [1.807, 2.05) is 12.1 Å². The van der Waals surface area contributed by atoms with E-state index in [4.69, 9.17) is 0 Å². The maximum atomic E-state index is 12.0. The van der Waals surface area contributed by atoms with Crippen LogP contribution in [0.1, 0.15) is 10.4 Å². The summed E-state index contributed by atoms with van der Waals surface area (Å²) in [5.74, 6) is -0.175. The normalized spacial score (nSPS) is 10.0. The summed E-state index contributed by atoms with van der Waals surface area (Å²) in [5.41, 5.74) is 1.24. The highest BCUT2D eigenvalue weighted by Crippen LogP contribution is 2.22. The van der Waals surface area contributed by atoms with Crippen molar-refractivity contribution in [1.82, 2.24) is 4.98 Å². The van der Waals surface area contributed by atoms with Crippen molar-refractivity contribution in [3.8, 4) is 0 Å².